The van der Waals surface area contributed by atoms with E-state index in [1.807, 2.05) is 20.8 Å². The maximum atomic E-state index is 12.1. The van der Waals surface area contributed by atoms with Crippen LogP contribution in [-0.4, -0.2) is 24.0 Å². The van der Waals surface area contributed by atoms with Gasteiger partial charge < -0.3 is 10.1 Å². The molecule has 4 heteroatoms. The Kier molecular flexibility index (Phi) is 3.65. The van der Waals surface area contributed by atoms with Gasteiger partial charge in [0.05, 0.1) is 6.61 Å². The average molecular weight is 239 g/mol. The Morgan fingerprint density at radius 2 is 2.12 bits per heavy atom. The van der Waals surface area contributed by atoms with E-state index in [0.29, 0.717) is 19.4 Å². The summed E-state index contributed by atoms with van der Waals surface area (Å²) in [4.78, 5) is 23.9. The van der Waals surface area contributed by atoms with Crippen molar-refractivity contribution in [3.05, 3.63) is 12.2 Å². The summed E-state index contributed by atoms with van der Waals surface area (Å²) in [6.07, 6.45) is 0.880. The highest BCUT2D eigenvalue weighted by Crippen LogP contribution is 2.39. The summed E-state index contributed by atoms with van der Waals surface area (Å²) < 4.78 is 5.08. The van der Waals surface area contributed by atoms with Crippen molar-refractivity contribution in [1.29, 1.82) is 0 Å². The van der Waals surface area contributed by atoms with Crippen LogP contribution < -0.4 is 5.32 Å². The highest BCUT2D eigenvalue weighted by molar-refractivity contribution is 5.95. The minimum absolute atomic E-state index is 0.105. The quantitative estimate of drug-likeness (QED) is 0.601. The molecule has 1 aliphatic heterocycles. The summed E-state index contributed by atoms with van der Waals surface area (Å²) >= 11 is 0. The van der Waals surface area contributed by atoms with Crippen LogP contribution in [0, 0.1) is 5.41 Å². The monoisotopic (exact) mass is 239 g/mol. The number of amides is 1. The van der Waals surface area contributed by atoms with E-state index < -0.39 is 11.0 Å². The lowest BCUT2D eigenvalue weighted by Crippen LogP contribution is -2.50. The van der Waals surface area contributed by atoms with Gasteiger partial charge in [-0.25, -0.2) is 4.79 Å². The maximum absolute atomic E-state index is 12.1. The molecule has 4 nitrogen and oxygen atoms in total. The molecule has 0 radical (unpaired) electrons. The SMILES string of the molecule is C=C(C)C[C@@]1(C(=O)OCC)CC(C)(C)C(=O)N1. The standard InChI is InChI=1S/C13H21NO3/c1-6-17-11(16)13(7-9(2)3)8-12(4,5)10(15)14-13/h2,6-8H2,1,3-5H3,(H,14,15)/t13-/m0/s1. The lowest BCUT2D eigenvalue weighted by molar-refractivity contribution is -0.151. The van der Waals surface area contributed by atoms with Gasteiger partial charge in [0.2, 0.25) is 5.91 Å². The van der Waals surface area contributed by atoms with Crippen molar-refractivity contribution >= 4 is 11.9 Å². The first-order valence-corrected chi connectivity index (χ1v) is 5.88. The molecule has 0 aromatic carbocycles. The summed E-state index contributed by atoms with van der Waals surface area (Å²) in [5, 5.41) is 2.80. The molecule has 1 fully saturated rings. The van der Waals surface area contributed by atoms with Gasteiger partial charge in [0.15, 0.2) is 0 Å². The smallest absolute Gasteiger partial charge is 0.332 e. The number of nitrogens with one attached hydrogen (secondary N) is 1. The Bertz CT molecular complexity index is 360. The lowest BCUT2D eigenvalue weighted by Gasteiger charge is -2.27. The van der Waals surface area contributed by atoms with Crippen LogP contribution in [0.5, 0.6) is 0 Å². The van der Waals surface area contributed by atoms with Crippen LogP contribution in [0.4, 0.5) is 0 Å². The van der Waals surface area contributed by atoms with Crippen molar-refractivity contribution in [3.8, 4) is 0 Å². The maximum Gasteiger partial charge on any atom is 0.332 e. The van der Waals surface area contributed by atoms with Gasteiger partial charge in [-0.3, -0.25) is 4.79 Å². The second-order valence-corrected chi connectivity index (χ2v) is 5.45. The zero-order chi connectivity index (χ0) is 13.3. The van der Waals surface area contributed by atoms with Gasteiger partial charge in [-0.2, -0.15) is 0 Å². The second kappa shape index (κ2) is 4.51. The molecule has 0 aromatic heterocycles. The number of rotatable bonds is 4. The van der Waals surface area contributed by atoms with Crippen LogP contribution in [0.2, 0.25) is 0 Å². The van der Waals surface area contributed by atoms with E-state index in [1.165, 1.54) is 0 Å². The molecule has 0 unspecified atom stereocenters. The van der Waals surface area contributed by atoms with E-state index in [2.05, 4.69) is 11.9 Å². The summed E-state index contributed by atoms with van der Waals surface area (Å²) in [5.74, 6) is -0.464. The molecular formula is C13H21NO3. The fraction of sp³-hybridized carbons (Fsp3) is 0.692. The van der Waals surface area contributed by atoms with Gasteiger partial charge in [0, 0.05) is 11.8 Å². The Hall–Kier alpha value is -1.32. The summed E-state index contributed by atoms with van der Waals surface area (Å²) in [6.45, 7) is 11.4. The average Bonchev–Trinajstić information content (AvgIpc) is 2.37. The van der Waals surface area contributed by atoms with Crippen molar-refractivity contribution in [3.63, 3.8) is 0 Å². The van der Waals surface area contributed by atoms with Gasteiger partial charge in [0.25, 0.3) is 0 Å². The minimum Gasteiger partial charge on any atom is -0.464 e. The summed E-state index contributed by atoms with van der Waals surface area (Å²) in [5.41, 5.74) is -0.610. The number of hydrogen-bond acceptors (Lipinski definition) is 3. The molecule has 0 spiro atoms. The fourth-order valence-corrected chi connectivity index (χ4v) is 2.35. The van der Waals surface area contributed by atoms with Gasteiger partial charge in [0.1, 0.15) is 5.54 Å². The predicted molar refractivity (Wildman–Crippen MR) is 65.3 cm³/mol. The van der Waals surface area contributed by atoms with Crippen LogP contribution in [-0.2, 0) is 14.3 Å². The topological polar surface area (TPSA) is 55.4 Å². The van der Waals surface area contributed by atoms with Crippen LogP contribution in [0.1, 0.15) is 40.5 Å². The zero-order valence-electron chi connectivity index (χ0n) is 11.1. The first-order valence-electron chi connectivity index (χ1n) is 5.88. The van der Waals surface area contributed by atoms with Crippen molar-refractivity contribution in [2.75, 3.05) is 6.61 Å². The van der Waals surface area contributed by atoms with Gasteiger partial charge in [-0.05, 0) is 20.3 Å². The third kappa shape index (κ3) is 2.68. The molecule has 0 aromatic rings. The second-order valence-electron chi connectivity index (χ2n) is 5.45. The normalized spacial score (nSPS) is 26.5. The number of carbonyl (C=O) groups excluding carboxylic acids is 2. The Balaban J connectivity index is 3.01. The Labute approximate surface area is 102 Å². The predicted octanol–water partition coefficient (Wildman–Crippen LogP) is 1.80. The third-order valence-corrected chi connectivity index (χ3v) is 2.98. The summed E-state index contributed by atoms with van der Waals surface area (Å²) in [6, 6.07) is 0. The molecule has 1 aliphatic rings. The van der Waals surface area contributed by atoms with Crippen molar-refractivity contribution in [1.82, 2.24) is 5.32 Å². The largest absolute Gasteiger partial charge is 0.464 e. The molecular weight excluding hydrogens is 218 g/mol. The minimum atomic E-state index is -0.928. The molecule has 0 aliphatic carbocycles. The van der Waals surface area contributed by atoms with Crippen LogP contribution in [0.25, 0.3) is 0 Å². The molecule has 1 atom stereocenters. The number of hydrogen-bond donors (Lipinski definition) is 1. The first kappa shape index (κ1) is 13.7. The molecule has 1 N–H and O–H groups in total. The first-order chi connectivity index (χ1) is 7.73. The van der Waals surface area contributed by atoms with E-state index in [1.54, 1.807) is 6.92 Å². The molecule has 0 saturated carbocycles. The Morgan fingerprint density at radius 3 is 2.47 bits per heavy atom. The lowest BCUT2D eigenvalue weighted by atomic mass is 9.80. The highest BCUT2D eigenvalue weighted by Gasteiger charge is 2.54. The van der Waals surface area contributed by atoms with Crippen LogP contribution in [0.15, 0.2) is 12.2 Å². The highest BCUT2D eigenvalue weighted by atomic mass is 16.5. The van der Waals surface area contributed by atoms with Crippen molar-refractivity contribution in [2.45, 2.75) is 46.1 Å². The molecule has 96 valence electrons. The van der Waals surface area contributed by atoms with E-state index >= 15 is 0 Å². The number of ether oxygens (including phenoxy) is 1. The van der Waals surface area contributed by atoms with Crippen molar-refractivity contribution < 1.29 is 14.3 Å². The molecule has 0 bridgehead atoms. The van der Waals surface area contributed by atoms with E-state index in [-0.39, 0.29) is 11.9 Å². The van der Waals surface area contributed by atoms with E-state index in [0.717, 1.165) is 5.57 Å². The van der Waals surface area contributed by atoms with Gasteiger partial charge in [-0.15, -0.1) is 6.58 Å². The summed E-state index contributed by atoms with van der Waals surface area (Å²) in [7, 11) is 0. The zero-order valence-corrected chi connectivity index (χ0v) is 11.1. The molecule has 1 amide bonds. The molecule has 17 heavy (non-hydrogen) atoms. The molecule has 1 heterocycles. The number of carbonyl (C=O) groups is 2. The third-order valence-electron chi connectivity index (χ3n) is 2.98. The van der Waals surface area contributed by atoms with E-state index in [4.69, 9.17) is 4.74 Å². The van der Waals surface area contributed by atoms with Gasteiger partial charge >= 0.3 is 5.97 Å². The fourth-order valence-electron chi connectivity index (χ4n) is 2.35. The molecule has 1 rings (SSSR count). The number of esters is 1. The van der Waals surface area contributed by atoms with Gasteiger partial charge in [-0.1, -0.05) is 19.4 Å². The molecule has 1 saturated heterocycles. The van der Waals surface area contributed by atoms with Crippen molar-refractivity contribution in [2.24, 2.45) is 5.41 Å². The van der Waals surface area contributed by atoms with Crippen LogP contribution in [0.3, 0.4) is 0 Å². The Morgan fingerprint density at radius 1 is 1.53 bits per heavy atom. The van der Waals surface area contributed by atoms with Crippen LogP contribution >= 0.6 is 0 Å². The van der Waals surface area contributed by atoms with E-state index in [9.17, 15) is 9.59 Å².